The second-order valence-corrected chi connectivity index (χ2v) is 5.61. The molecule has 4 heteroatoms. The van der Waals surface area contributed by atoms with Crippen LogP contribution in [0.4, 0.5) is 5.69 Å². The molecule has 20 heavy (non-hydrogen) atoms. The molecule has 0 saturated carbocycles. The number of hydrogen-bond donors (Lipinski definition) is 1. The Morgan fingerprint density at radius 3 is 2.60 bits per heavy atom. The third-order valence-electron chi connectivity index (χ3n) is 3.09. The van der Waals surface area contributed by atoms with Crippen LogP contribution < -0.4 is 5.32 Å². The lowest BCUT2D eigenvalue weighted by Crippen LogP contribution is -2.11. The van der Waals surface area contributed by atoms with E-state index in [2.05, 4.69) is 5.32 Å². The Morgan fingerprint density at radius 2 is 1.85 bits per heavy atom. The first kappa shape index (κ1) is 13.2. The molecule has 0 aliphatic heterocycles. The summed E-state index contributed by atoms with van der Waals surface area (Å²) >= 11 is 7.33. The van der Waals surface area contributed by atoms with Crippen molar-refractivity contribution in [2.24, 2.45) is 0 Å². The number of rotatable bonds is 3. The van der Waals surface area contributed by atoms with E-state index >= 15 is 0 Å². The van der Waals surface area contributed by atoms with Crippen molar-refractivity contribution in [2.45, 2.75) is 5.88 Å². The summed E-state index contributed by atoms with van der Waals surface area (Å²) in [5.74, 6) is 0.393. The lowest BCUT2D eigenvalue weighted by Gasteiger charge is -2.05. The largest absolute Gasteiger partial charge is 0.322 e. The maximum absolute atomic E-state index is 12.3. The minimum Gasteiger partial charge on any atom is -0.322 e. The number of alkyl halides is 1. The molecule has 0 aliphatic rings. The summed E-state index contributed by atoms with van der Waals surface area (Å²) in [4.78, 5) is 12.3. The second kappa shape index (κ2) is 5.65. The van der Waals surface area contributed by atoms with Gasteiger partial charge in [0, 0.05) is 27.0 Å². The number of benzene rings is 2. The Balaban J connectivity index is 1.85. The van der Waals surface area contributed by atoms with Gasteiger partial charge in [-0.3, -0.25) is 4.79 Å². The van der Waals surface area contributed by atoms with Crippen molar-refractivity contribution >= 4 is 44.6 Å². The van der Waals surface area contributed by atoms with Gasteiger partial charge >= 0.3 is 0 Å². The summed E-state index contributed by atoms with van der Waals surface area (Å²) in [6, 6.07) is 15.5. The lowest BCUT2D eigenvalue weighted by atomic mass is 10.1. The second-order valence-electron chi connectivity index (χ2n) is 4.43. The van der Waals surface area contributed by atoms with Crippen LogP contribution in [-0.2, 0) is 5.88 Å². The quantitative estimate of drug-likeness (QED) is 0.685. The van der Waals surface area contributed by atoms with Crippen LogP contribution in [0.1, 0.15) is 15.9 Å². The molecule has 0 unspecified atom stereocenters. The van der Waals surface area contributed by atoms with Crippen molar-refractivity contribution in [3.8, 4) is 0 Å². The predicted octanol–water partition coefficient (Wildman–Crippen LogP) is 4.89. The van der Waals surface area contributed by atoms with Gasteiger partial charge in [-0.2, -0.15) is 0 Å². The van der Waals surface area contributed by atoms with E-state index in [0.29, 0.717) is 11.4 Å². The SMILES string of the molecule is O=C(Nc1ccc(CCl)cc1)c1csc2ccccc12. The molecule has 1 N–H and O–H groups in total. The number of thiophene rings is 1. The molecule has 0 bridgehead atoms. The van der Waals surface area contributed by atoms with E-state index in [4.69, 9.17) is 11.6 Å². The first-order valence-electron chi connectivity index (χ1n) is 6.20. The highest BCUT2D eigenvalue weighted by atomic mass is 35.5. The van der Waals surface area contributed by atoms with Gasteiger partial charge in [0.05, 0.1) is 5.56 Å². The molecule has 3 aromatic rings. The van der Waals surface area contributed by atoms with Crippen molar-refractivity contribution in [3.05, 3.63) is 65.0 Å². The zero-order chi connectivity index (χ0) is 13.9. The maximum Gasteiger partial charge on any atom is 0.257 e. The summed E-state index contributed by atoms with van der Waals surface area (Å²) in [5.41, 5.74) is 2.52. The number of halogens is 1. The van der Waals surface area contributed by atoms with E-state index in [0.717, 1.165) is 21.3 Å². The number of hydrogen-bond acceptors (Lipinski definition) is 2. The first-order chi connectivity index (χ1) is 9.78. The van der Waals surface area contributed by atoms with Gasteiger partial charge < -0.3 is 5.32 Å². The van der Waals surface area contributed by atoms with E-state index in [1.54, 1.807) is 11.3 Å². The molecule has 0 fully saturated rings. The number of fused-ring (bicyclic) bond motifs is 1. The smallest absolute Gasteiger partial charge is 0.257 e. The number of nitrogens with one attached hydrogen (secondary N) is 1. The Bertz CT molecular complexity index is 749. The highest BCUT2D eigenvalue weighted by Crippen LogP contribution is 2.26. The summed E-state index contributed by atoms with van der Waals surface area (Å²) < 4.78 is 1.12. The molecule has 0 saturated heterocycles. The zero-order valence-corrected chi connectivity index (χ0v) is 12.2. The fourth-order valence-corrected chi connectivity index (χ4v) is 3.15. The summed E-state index contributed by atoms with van der Waals surface area (Å²) in [5, 5.41) is 5.80. The number of carbonyl (C=O) groups excluding carboxylic acids is 1. The van der Waals surface area contributed by atoms with Crippen LogP contribution in [-0.4, -0.2) is 5.91 Å². The molecule has 2 aromatic carbocycles. The van der Waals surface area contributed by atoms with Crippen molar-refractivity contribution < 1.29 is 4.79 Å². The summed E-state index contributed by atoms with van der Waals surface area (Å²) in [6.07, 6.45) is 0. The standard InChI is InChI=1S/C16H12ClNOS/c17-9-11-5-7-12(8-6-11)18-16(19)14-10-20-15-4-2-1-3-13(14)15/h1-8,10H,9H2,(H,18,19). The molecule has 3 rings (SSSR count). The average molecular weight is 302 g/mol. The fraction of sp³-hybridized carbons (Fsp3) is 0.0625. The van der Waals surface area contributed by atoms with Crippen molar-refractivity contribution in [1.82, 2.24) is 0 Å². The van der Waals surface area contributed by atoms with Gasteiger partial charge in [-0.25, -0.2) is 0 Å². The average Bonchev–Trinajstić information content (AvgIpc) is 2.92. The third-order valence-corrected chi connectivity index (χ3v) is 4.36. The number of carbonyl (C=O) groups is 1. The van der Waals surface area contributed by atoms with Crippen LogP contribution in [0.5, 0.6) is 0 Å². The van der Waals surface area contributed by atoms with Crippen molar-refractivity contribution in [3.63, 3.8) is 0 Å². The van der Waals surface area contributed by atoms with E-state index in [9.17, 15) is 4.79 Å². The topological polar surface area (TPSA) is 29.1 Å². The number of anilines is 1. The Hall–Kier alpha value is -1.84. The van der Waals surface area contributed by atoms with E-state index < -0.39 is 0 Å². The molecule has 2 nitrogen and oxygen atoms in total. The Morgan fingerprint density at radius 1 is 1.10 bits per heavy atom. The fourth-order valence-electron chi connectivity index (χ4n) is 2.03. The van der Waals surface area contributed by atoms with Crippen LogP contribution in [0, 0.1) is 0 Å². The van der Waals surface area contributed by atoms with Gasteiger partial charge in [-0.15, -0.1) is 22.9 Å². The summed E-state index contributed by atoms with van der Waals surface area (Å²) in [7, 11) is 0. The molecule has 0 radical (unpaired) electrons. The molecule has 0 spiro atoms. The van der Waals surface area contributed by atoms with Crippen LogP contribution >= 0.6 is 22.9 Å². The predicted molar refractivity (Wildman–Crippen MR) is 85.8 cm³/mol. The van der Waals surface area contributed by atoms with Gasteiger partial charge in [-0.1, -0.05) is 30.3 Å². The lowest BCUT2D eigenvalue weighted by molar-refractivity contribution is 0.102. The molecule has 0 atom stereocenters. The third kappa shape index (κ3) is 2.55. The maximum atomic E-state index is 12.3. The zero-order valence-electron chi connectivity index (χ0n) is 10.6. The molecule has 1 amide bonds. The summed E-state index contributed by atoms with van der Waals surface area (Å²) in [6.45, 7) is 0. The van der Waals surface area contributed by atoms with Gasteiger partial charge in [0.15, 0.2) is 0 Å². The van der Waals surface area contributed by atoms with Crippen molar-refractivity contribution in [2.75, 3.05) is 5.32 Å². The van der Waals surface area contributed by atoms with Crippen LogP contribution in [0.15, 0.2) is 53.9 Å². The monoisotopic (exact) mass is 301 g/mol. The van der Waals surface area contributed by atoms with Gasteiger partial charge in [-0.05, 0) is 23.8 Å². The van der Waals surface area contributed by atoms with Crippen LogP contribution in [0.25, 0.3) is 10.1 Å². The Kier molecular flexibility index (Phi) is 3.72. The highest BCUT2D eigenvalue weighted by molar-refractivity contribution is 7.17. The van der Waals surface area contributed by atoms with Gasteiger partial charge in [0.2, 0.25) is 0 Å². The molecule has 100 valence electrons. The van der Waals surface area contributed by atoms with Crippen LogP contribution in [0.3, 0.4) is 0 Å². The molecule has 1 aromatic heterocycles. The number of amides is 1. The molecular formula is C16H12ClNOS. The Labute approximate surface area is 126 Å². The van der Waals surface area contributed by atoms with E-state index in [1.807, 2.05) is 53.9 Å². The van der Waals surface area contributed by atoms with Gasteiger partial charge in [0.25, 0.3) is 5.91 Å². The minimum atomic E-state index is -0.0823. The molecular weight excluding hydrogens is 290 g/mol. The van der Waals surface area contributed by atoms with E-state index in [-0.39, 0.29) is 5.91 Å². The van der Waals surface area contributed by atoms with E-state index in [1.165, 1.54) is 0 Å². The normalized spacial score (nSPS) is 10.7. The molecule has 0 aliphatic carbocycles. The van der Waals surface area contributed by atoms with Gasteiger partial charge in [0.1, 0.15) is 0 Å². The molecule has 1 heterocycles. The van der Waals surface area contributed by atoms with Crippen LogP contribution in [0.2, 0.25) is 0 Å². The highest BCUT2D eigenvalue weighted by Gasteiger charge is 2.11. The first-order valence-corrected chi connectivity index (χ1v) is 7.62. The van der Waals surface area contributed by atoms with Crippen molar-refractivity contribution in [1.29, 1.82) is 0 Å². The minimum absolute atomic E-state index is 0.0823.